The van der Waals surface area contributed by atoms with Crippen LogP contribution in [-0.4, -0.2) is 62.7 Å². The molecule has 21 heavy (non-hydrogen) atoms. The van der Waals surface area contributed by atoms with Crippen LogP contribution in [0.2, 0.25) is 0 Å². The third kappa shape index (κ3) is 4.15. The second kappa shape index (κ2) is 7.38. The number of ether oxygens (including phenoxy) is 1. The number of rotatable bonds is 7. The highest BCUT2D eigenvalue weighted by Crippen LogP contribution is 2.21. The van der Waals surface area contributed by atoms with E-state index in [9.17, 15) is 4.79 Å². The van der Waals surface area contributed by atoms with E-state index in [-0.39, 0.29) is 0 Å². The van der Waals surface area contributed by atoms with Crippen LogP contribution in [-0.2, 0) is 4.74 Å². The van der Waals surface area contributed by atoms with E-state index in [1.807, 2.05) is 11.9 Å². The van der Waals surface area contributed by atoms with Crippen LogP contribution in [0.1, 0.15) is 16.8 Å². The molecule has 1 aliphatic heterocycles. The Labute approximate surface area is 125 Å². The van der Waals surface area contributed by atoms with Gasteiger partial charge in [-0.3, -0.25) is 4.79 Å². The van der Waals surface area contributed by atoms with Crippen molar-refractivity contribution in [3.05, 3.63) is 23.9 Å². The van der Waals surface area contributed by atoms with Crippen molar-refractivity contribution in [3.63, 3.8) is 0 Å². The summed E-state index contributed by atoms with van der Waals surface area (Å²) < 4.78 is 5.12. The first-order valence-electron chi connectivity index (χ1n) is 7.29. The normalized spacial score (nSPS) is 18.9. The Morgan fingerprint density at radius 3 is 3.14 bits per heavy atom. The molecule has 1 amide bonds. The Morgan fingerprint density at radius 1 is 1.62 bits per heavy atom. The molecular formula is C15H24N4O2. The number of hydrogen-bond acceptors (Lipinski definition) is 5. The SMILES string of the molecule is COCCN1CC[C@H](CN(C)c2ncccc2C(N)=O)C1. The number of carbonyl (C=O) groups is 1. The Balaban J connectivity index is 1.93. The van der Waals surface area contributed by atoms with Crippen molar-refractivity contribution >= 4 is 11.7 Å². The molecule has 6 nitrogen and oxygen atoms in total. The Hall–Kier alpha value is -1.66. The van der Waals surface area contributed by atoms with Gasteiger partial charge in [-0.15, -0.1) is 0 Å². The Kier molecular flexibility index (Phi) is 5.52. The molecule has 2 rings (SSSR count). The number of anilines is 1. The highest BCUT2D eigenvalue weighted by molar-refractivity contribution is 5.97. The lowest BCUT2D eigenvalue weighted by Crippen LogP contribution is -2.31. The van der Waals surface area contributed by atoms with Crippen LogP contribution in [0.3, 0.4) is 0 Å². The molecule has 0 spiro atoms. The number of pyridine rings is 1. The minimum Gasteiger partial charge on any atom is -0.383 e. The van der Waals surface area contributed by atoms with Crippen LogP contribution in [0.15, 0.2) is 18.3 Å². The molecule has 0 radical (unpaired) electrons. The van der Waals surface area contributed by atoms with Gasteiger partial charge < -0.3 is 20.3 Å². The summed E-state index contributed by atoms with van der Waals surface area (Å²) in [5.41, 5.74) is 5.89. The molecule has 1 aromatic rings. The smallest absolute Gasteiger partial charge is 0.252 e. The molecular weight excluding hydrogens is 268 g/mol. The first kappa shape index (κ1) is 15.7. The van der Waals surface area contributed by atoms with Crippen molar-refractivity contribution in [2.45, 2.75) is 6.42 Å². The van der Waals surface area contributed by atoms with Gasteiger partial charge in [-0.05, 0) is 31.0 Å². The summed E-state index contributed by atoms with van der Waals surface area (Å²) in [5, 5.41) is 0. The topological polar surface area (TPSA) is 71.7 Å². The second-order valence-corrected chi connectivity index (χ2v) is 5.57. The summed E-state index contributed by atoms with van der Waals surface area (Å²) in [6.45, 7) is 4.79. The number of carbonyl (C=O) groups excluding carboxylic acids is 1. The van der Waals surface area contributed by atoms with Crippen LogP contribution in [0.25, 0.3) is 0 Å². The standard InChI is InChI=1S/C15H24N4O2/c1-18(15-13(14(16)20)4-3-6-17-15)10-12-5-7-19(11-12)8-9-21-2/h3-4,6,12H,5,7-11H2,1-2H3,(H2,16,20)/t12-/m1/s1. The monoisotopic (exact) mass is 292 g/mol. The van der Waals surface area contributed by atoms with Gasteiger partial charge in [0.2, 0.25) is 0 Å². The number of aromatic nitrogens is 1. The fraction of sp³-hybridized carbons (Fsp3) is 0.600. The maximum atomic E-state index is 11.5. The molecule has 1 saturated heterocycles. The predicted octanol–water partition coefficient (Wildman–Crippen LogP) is 0.585. The molecule has 116 valence electrons. The number of amides is 1. The van der Waals surface area contributed by atoms with Gasteiger partial charge in [-0.1, -0.05) is 0 Å². The molecule has 1 fully saturated rings. The fourth-order valence-corrected chi connectivity index (χ4v) is 2.85. The van der Waals surface area contributed by atoms with Gasteiger partial charge in [0.1, 0.15) is 5.82 Å². The predicted molar refractivity (Wildman–Crippen MR) is 82.4 cm³/mol. The molecule has 0 saturated carbocycles. The molecule has 1 aliphatic rings. The van der Waals surface area contributed by atoms with E-state index in [0.29, 0.717) is 17.3 Å². The number of primary amides is 1. The molecule has 0 bridgehead atoms. The summed E-state index contributed by atoms with van der Waals surface area (Å²) >= 11 is 0. The van der Waals surface area contributed by atoms with Crippen LogP contribution >= 0.6 is 0 Å². The van der Waals surface area contributed by atoms with Gasteiger partial charge >= 0.3 is 0 Å². The zero-order valence-electron chi connectivity index (χ0n) is 12.8. The van der Waals surface area contributed by atoms with Crippen LogP contribution in [0.5, 0.6) is 0 Å². The van der Waals surface area contributed by atoms with E-state index in [1.54, 1.807) is 25.4 Å². The van der Waals surface area contributed by atoms with E-state index in [1.165, 1.54) is 0 Å². The summed E-state index contributed by atoms with van der Waals surface area (Å²) in [5.74, 6) is 0.813. The van der Waals surface area contributed by atoms with Crippen LogP contribution < -0.4 is 10.6 Å². The van der Waals surface area contributed by atoms with Crippen molar-refractivity contribution in [2.24, 2.45) is 11.7 Å². The van der Waals surface area contributed by atoms with Crippen LogP contribution in [0.4, 0.5) is 5.82 Å². The lowest BCUT2D eigenvalue weighted by atomic mass is 10.1. The summed E-state index contributed by atoms with van der Waals surface area (Å²) in [4.78, 5) is 20.2. The third-order valence-corrected chi connectivity index (χ3v) is 3.93. The molecule has 0 aromatic carbocycles. The van der Waals surface area contributed by atoms with Crippen molar-refractivity contribution in [1.29, 1.82) is 0 Å². The number of hydrogen-bond donors (Lipinski definition) is 1. The lowest BCUT2D eigenvalue weighted by Gasteiger charge is -2.24. The lowest BCUT2D eigenvalue weighted by molar-refractivity contribution is 0.100. The molecule has 1 aromatic heterocycles. The first-order chi connectivity index (χ1) is 10.1. The molecule has 0 aliphatic carbocycles. The number of nitrogens with zero attached hydrogens (tertiary/aromatic N) is 3. The molecule has 0 unspecified atom stereocenters. The molecule has 2 heterocycles. The highest BCUT2D eigenvalue weighted by atomic mass is 16.5. The average Bonchev–Trinajstić information content (AvgIpc) is 2.92. The average molecular weight is 292 g/mol. The van der Waals surface area contributed by atoms with Crippen molar-refractivity contribution in [3.8, 4) is 0 Å². The van der Waals surface area contributed by atoms with E-state index in [4.69, 9.17) is 10.5 Å². The Bertz CT molecular complexity index is 480. The van der Waals surface area contributed by atoms with Crippen molar-refractivity contribution < 1.29 is 9.53 Å². The fourth-order valence-electron chi connectivity index (χ4n) is 2.85. The van der Waals surface area contributed by atoms with E-state index in [2.05, 4.69) is 9.88 Å². The van der Waals surface area contributed by atoms with Gasteiger partial charge in [0.05, 0.1) is 12.2 Å². The first-order valence-corrected chi connectivity index (χ1v) is 7.29. The number of nitrogens with two attached hydrogens (primary N) is 1. The largest absolute Gasteiger partial charge is 0.383 e. The van der Waals surface area contributed by atoms with E-state index >= 15 is 0 Å². The van der Waals surface area contributed by atoms with Crippen molar-refractivity contribution in [2.75, 3.05) is 51.8 Å². The van der Waals surface area contributed by atoms with Gasteiger partial charge in [0, 0.05) is 40.0 Å². The Morgan fingerprint density at radius 2 is 2.43 bits per heavy atom. The number of methoxy groups -OCH3 is 1. The summed E-state index contributed by atoms with van der Waals surface area (Å²) in [7, 11) is 3.69. The van der Waals surface area contributed by atoms with Crippen LogP contribution in [0, 0.1) is 5.92 Å². The zero-order valence-corrected chi connectivity index (χ0v) is 12.8. The summed E-state index contributed by atoms with van der Waals surface area (Å²) in [6, 6.07) is 3.46. The van der Waals surface area contributed by atoms with Gasteiger partial charge in [-0.25, -0.2) is 4.98 Å². The van der Waals surface area contributed by atoms with Gasteiger partial charge in [0.15, 0.2) is 0 Å². The van der Waals surface area contributed by atoms with Gasteiger partial charge in [0.25, 0.3) is 5.91 Å². The maximum absolute atomic E-state index is 11.5. The maximum Gasteiger partial charge on any atom is 0.252 e. The molecule has 6 heteroatoms. The zero-order chi connectivity index (χ0) is 15.2. The number of likely N-dealkylation sites (tertiary alicyclic amines) is 1. The minimum atomic E-state index is -0.432. The van der Waals surface area contributed by atoms with E-state index in [0.717, 1.165) is 39.2 Å². The van der Waals surface area contributed by atoms with Crippen molar-refractivity contribution in [1.82, 2.24) is 9.88 Å². The van der Waals surface area contributed by atoms with Gasteiger partial charge in [-0.2, -0.15) is 0 Å². The van der Waals surface area contributed by atoms with E-state index < -0.39 is 5.91 Å². The molecule has 1 atom stereocenters. The second-order valence-electron chi connectivity index (χ2n) is 5.57. The molecule has 2 N–H and O–H groups in total. The summed E-state index contributed by atoms with van der Waals surface area (Å²) in [6.07, 6.45) is 2.85. The minimum absolute atomic E-state index is 0.432. The highest BCUT2D eigenvalue weighted by Gasteiger charge is 2.24. The third-order valence-electron chi connectivity index (χ3n) is 3.93. The quantitative estimate of drug-likeness (QED) is 0.796.